The van der Waals surface area contributed by atoms with Gasteiger partial charge in [-0.25, -0.2) is 4.39 Å². The van der Waals surface area contributed by atoms with Crippen molar-refractivity contribution in [1.29, 1.82) is 0 Å². The Morgan fingerprint density at radius 2 is 1.96 bits per heavy atom. The van der Waals surface area contributed by atoms with Gasteiger partial charge in [-0.1, -0.05) is 18.2 Å². The third kappa shape index (κ3) is 3.48. The summed E-state index contributed by atoms with van der Waals surface area (Å²) < 4.78 is 18.8. The van der Waals surface area contributed by atoms with Crippen molar-refractivity contribution in [2.45, 2.75) is 6.92 Å². The molecule has 1 N–H and O–H groups in total. The number of para-hydroxylation sites is 1. The molecule has 0 bridgehead atoms. The van der Waals surface area contributed by atoms with Crippen LogP contribution in [0.25, 0.3) is 10.9 Å². The number of morpholine rings is 1. The van der Waals surface area contributed by atoms with E-state index in [0.717, 1.165) is 22.2 Å². The molecule has 2 aromatic carbocycles. The van der Waals surface area contributed by atoms with Crippen LogP contribution in [0.4, 0.5) is 15.8 Å². The number of pyridine rings is 1. The molecule has 6 heteroatoms. The molecule has 0 unspecified atom stereocenters. The lowest BCUT2D eigenvalue weighted by Gasteiger charge is -2.28. The first-order valence-corrected chi connectivity index (χ1v) is 8.91. The van der Waals surface area contributed by atoms with Gasteiger partial charge in [0.25, 0.3) is 5.91 Å². The standard InChI is InChI=1S/C21H20FN3O2/c1-14-12-15(22)6-7-18(14)24-20-16-4-2-3-5-19(16)23-13-17(20)21(26)25-8-10-27-11-9-25/h2-7,12-13H,8-11H2,1H3,(H,23,24). The molecule has 4 rings (SSSR count). The zero-order valence-electron chi connectivity index (χ0n) is 15.0. The van der Waals surface area contributed by atoms with E-state index in [1.807, 2.05) is 31.2 Å². The van der Waals surface area contributed by atoms with Crippen molar-refractivity contribution in [3.8, 4) is 0 Å². The lowest BCUT2D eigenvalue weighted by molar-refractivity contribution is 0.0303. The minimum absolute atomic E-state index is 0.0844. The van der Waals surface area contributed by atoms with E-state index in [4.69, 9.17) is 4.74 Å². The minimum Gasteiger partial charge on any atom is -0.378 e. The van der Waals surface area contributed by atoms with E-state index >= 15 is 0 Å². The first-order chi connectivity index (χ1) is 13.1. The number of aromatic nitrogens is 1. The number of benzene rings is 2. The molecule has 2 heterocycles. The van der Waals surface area contributed by atoms with Gasteiger partial charge in [0, 0.05) is 30.4 Å². The largest absolute Gasteiger partial charge is 0.378 e. The average Bonchev–Trinajstić information content (AvgIpc) is 2.70. The number of nitrogens with one attached hydrogen (secondary N) is 1. The molecule has 1 amide bonds. The number of hydrogen-bond donors (Lipinski definition) is 1. The number of fused-ring (bicyclic) bond motifs is 1. The molecular weight excluding hydrogens is 345 g/mol. The molecule has 1 aliphatic rings. The third-order valence-corrected chi connectivity index (χ3v) is 4.75. The Labute approximate surface area is 156 Å². The Morgan fingerprint density at radius 1 is 1.19 bits per heavy atom. The second kappa shape index (κ2) is 7.32. The number of aryl methyl sites for hydroxylation is 1. The van der Waals surface area contributed by atoms with Crippen LogP contribution in [0.2, 0.25) is 0 Å². The molecule has 1 aromatic heterocycles. The van der Waals surface area contributed by atoms with Crippen molar-refractivity contribution in [3.63, 3.8) is 0 Å². The van der Waals surface area contributed by atoms with Crippen LogP contribution in [0.1, 0.15) is 15.9 Å². The molecule has 0 spiro atoms. The van der Waals surface area contributed by atoms with Gasteiger partial charge in [-0.15, -0.1) is 0 Å². The van der Waals surface area contributed by atoms with Gasteiger partial charge in [0.05, 0.1) is 30.0 Å². The number of amides is 1. The molecular formula is C21H20FN3O2. The van der Waals surface area contributed by atoms with E-state index in [1.54, 1.807) is 17.2 Å². The maximum atomic E-state index is 13.5. The van der Waals surface area contributed by atoms with Gasteiger partial charge in [0.1, 0.15) is 5.82 Å². The Kier molecular flexibility index (Phi) is 4.73. The highest BCUT2D eigenvalue weighted by Gasteiger charge is 2.23. The average molecular weight is 365 g/mol. The Morgan fingerprint density at radius 3 is 2.74 bits per heavy atom. The van der Waals surface area contributed by atoms with Crippen LogP contribution >= 0.6 is 0 Å². The number of hydrogen-bond acceptors (Lipinski definition) is 4. The molecule has 1 aliphatic heterocycles. The smallest absolute Gasteiger partial charge is 0.257 e. The maximum Gasteiger partial charge on any atom is 0.257 e. The van der Waals surface area contributed by atoms with Gasteiger partial charge in [0.2, 0.25) is 0 Å². The van der Waals surface area contributed by atoms with Crippen molar-refractivity contribution in [3.05, 3.63) is 65.6 Å². The lowest BCUT2D eigenvalue weighted by atomic mass is 10.1. The van der Waals surface area contributed by atoms with Crippen LogP contribution in [0.15, 0.2) is 48.7 Å². The lowest BCUT2D eigenvalue weighted by Crippen LogP contribution is -2.41. The highest BCUT2D eigenvalue weighted by atomic mass is 19.1. The van der Waals surface area contributed by atoms with Crippen LogP contribution in [-0.2, 0) is 4.74 Å². The predicted molar refractivity (Wildman–Crippen MR) is 103 cm³/mol. The summed E-state index contributed by atoms with van der Waals surface area (Å²) in [6, 6.07) is 12.2. The summed E-state index contributed by atoms with van der Waals surface area (Å²) in [6.07, 6.45) is 1.61. The predicted octanol–water partition coefficient (Wildman–Crippen LogP) is 3.90. The summed E-state index contributed by atoms with van der Waals surface area (Å²) >= 11 is 0. The number of rotatable bonds is 3. The number of carbonyl (C=O) groups is 1. The number of halogens is 1. The van der Waals surface area contributed by atoms with Crippen LogP contribution < -0.4 is 5.32 Å². The van der Waals surface area contributed by atoms with Crippen molar-refractivity contribution in [1.82, 2.24) is 9.88 Å². The van der Waals surface area contributed by atoms with Gasteiger partial charge in [-0.05, 0) is 36.8 Å². The fraction of sp³-hybridized carbons (Fsp3) is 0.238. The number of carbonyl (C=O) groups excluding carboxylic acids is 1. The quantitative estimate of drug-likeness (QED) is 0.765. The molecule has 0 aliphatic carbocycles. The molecule has 5 nitrogen and oxygen atoms in total. The number of ether oxygens (including phenoxy) is 1. The first-order valence-electron chi connectivity index (χ1n) is 8.91. The second-order valence-electron chi connectivity index (χ2n) is 6.55. The molecule has 0 atom stereocenters. The summed E-state index contributed by atoms with van der Waals surface area (Å²) in [5.41, 5.74) is 3.49. The molecule has 1 saturated heterocycles. The molecule has 3 aromatic rings. The van der Waals surface area contributed by atoms with E-state index in [2.05, 4.69) is 10.3 Å². The van der Waals surface area contributed by atoms with Crippen LogP contribution in [0, 0.1) is 12.7 Å². The first kappa shape index (κ1) is 17.4. The van der Waals surface area contributed by atoms with Gasteiger partial charge < -0.3 is 15.0 Å². The Balaban J connectivity index is 1.81. The van der Waals surface area contributed by atoms with Crippen LogP contribution in [0.3, 0.4) is 0 Å². The van der Waals surface area contributed by atoms with Gasteiger partial charge in [-0.2, -0.15) is 0 Å². The summed E-state index contributed by atoms with van der Waals surface area (Å²) in [6.45, 7) is 4.01. The molecule has 138 valence electrons. The SMILES string of the molecule is Cc1cc(F)ccc1Nc1c(C(=O)N2CCOCC2)cnc2ccccc12. The number of nitrogens with zero attached hydrogens (tertiary/aromatic N) is 2. The van der Waals surface area contributed by atoms with Crippen molar-refractivity contribution >= 4 is 28.2 Å². The molecule has 0 saturated carbocycles. The van der Waals surface area contributed by atoms with Crippen LogP contribution in [0.5, 0.6) is 0 Å². The van der Waals surface area contributed by atoms with E-state index in [9.17, 15) is 9.18 Å². The van der Waals surface area contributed by atoms with Crippen molar-refractivity contribution < 1.29 is 13.9 Å². The molecule has 0 radical (unpaired) electrons. The third-order valence-electron chi connectivity index (χ3n) is 4.75. The van der Waals surface area contributed by atoms with E-state index in [0.29, 0.717) is 37.6 Å². The fourth-order valence-corrected chi connectivity index (χ4v) is 3.28. The monoisotopic (exact) mass is 365 g/mol. The summed E-state index contributed by atoms with van der Waals surface area (Å²) in [5.74, 6) is -0.374. The Bertz CT molecular complexity index is 1000. The van der Waals surface area contributed by atoms with E-state index < -0.39 is 0 Å². The Hall–Kier alpha value is -2.99. The van der Waals surface area contributed by atoms with Gasteiger partial charge >= 0.3 is 0 Å². The van der Waals surface area contributed by atoms with E-state index in [1.165, 1.54) is 12.1 Å². The van der Waals surface area contributed by atoms with Crippen molar-refractivity contribution in [2.24, 2.45) is 0 Å². The highest BCUT2D eigenvalue weighted by molar-refractivity contribution is 6.08. The van der Waals surface area contributed by atoms with Crippen molar-refractivity contribution in [2.75, 3.05) is 31.6 Å². The topological polar surface area (TPSA) is 54.5 Å². The zero-order valence-corrected chi connectivity index (χ0v) is 15.0. The number of anilines is 2. The maximum absolute atomic E-state index is 13.5. The van der Waals surface area contributed by atoms with Crippen LogP contribution in [-0.4, -0.2) is 42.1 Å². The van der Waals surface area contributed by atoms with Gasteiger partial charge in [-0.3, -0.25) is 9.78 Å². The molecule has 27 heavy (non-hydrogen) atoms. The second-order valence-corrected chi connectivity index (χ2v) is 6.55. The normalized spacial score (nSPS) is 14.4. The minimum atomic E-state index is -0.290. The zero-order chi connectivity index (χ0) is 18.8. The van der Waals surface area contributed by atoms with E-state index in [-0.39, 0.29) is 11.7 Å². The fourth-order valence-electron chi connectivity index (χ4n) is 3.28. The molecule has 1 fully saturated rings. The highest BCUT2D eigenvalue weighted by Crippen LogP contribution is 2.31. The van der Waals surface area contributed by atoms with Gasteiger partial charge in [0.15, 0.2) is 0 Å². The summed E-state index contributed by atoms with van der Waals surface area (Å²) in [5, 5.41) is 4.19. The summed E-state index contributed by atoms with van der Waals surface area (Å²) in [7, 11) is 0. The summed E-state index contributed by atoms with van der Waals surface area (Å²) in [4.78, 5) is 19.4.